The number of aryl methyl sites for hydroxylation is 1. The first-order valence-corrected chi connectivity index (χ1v) is 6.25. The summed E-state index contributed by atoms with van der Waals surface area (Å²) in [6.45, 7) is 4.24. The summed E-state index contributed by atoms with van der Waals surface area (Å²) in [5.74, 6) is 0.139. The lowest BCUT2D eigenvalue weighted by Gasteiger charge is -2.16. The molecule has 1 amide bonds. The molecule has 1 aromatic rings. The second kappa shape index (κ2) is 4.20. The first kappa shape index (κ1) is 11.6. The van der Waals surface area contributed by atoms with Gasteiger partial charge in [0.1, 0.15) is 6.54 Å². The van der Waals surface area contributed by atoms with Gasteiger partial charge in [0.05, 0.1) is 15.9 Å². The fourth-order valence-corrected chi connectivity index (χ4v) is 2.02. The molecule has 4 nitrogen and oxygen atoms in total. The van der Waals surface area contributed by atoms with Crippen LogP contribution in [-0.2, 0) is 11.3 Å². The molecule has 1 aliphatic rings. The minimum absolute atomic E-state index is 0.139. The van der Waals surface area contributed by atoms with E-state index in [0.717, 1.165) is 28.7 Å². The smallest absolute Gasteiger partial charge is 0.244 e. The number of hydrogen-bond acceptors (Lipinski definition) is 2. The fraction of sp³-hybridized carbons (Fsp3) is 0.636. The Balaban J connectivity index is 2.08. The van der Waals surface area contributed by atoms with E-state index in [9.17, 15) is 4.79 Å². The molecule has 88 valence electrons. The van der Waals surface area contributed by atoms with Crippen LogP contribution in [0.25, 0.3) is 0 Å². The molecule has 0 aliphatic heterocycles. The van der Waals surface area contributed by atoms with Gasteiger partial charge in [0.2, 0.25) is 5.91 Å². The van der Waals surface area contributed by atoms with E-state index in [4.69, 9.17) is 0 Å². The van der Waals surface area contributed by atoms with E-state index in [0.29, 0.717) is 12.6 Å². The predicted octanol–water partition coefficient (Wildman–Crippen LogP) is 1.88. The Kier molecular flexibility index (Phi) is 3.06. The van der Waals surface area contributed by atoms with Gasteiger partial charge in [-0.15, -0.1) is 0 Å². The van der Waals surface area contributed by atoms with Crippen molar-refractivity contribution in [1.29, 1.82) is 0 Å². The third kappa shape index (κ3) is 2.14. The standard InChI is InChI=1S/C11H16BrN3O/c1-7-11(12)8(2)15(13-7)6-10(16)14(3)9-4-5-9/h9H,4-6H2,1-3H3. The van der Waals surface area contributed by atoms with Crippen molar-refractivity contribution >= 4 is 21.8 Å². The van der Waals surface area contributed by atoms with Gasteiger partial charge in [-0.1, -0.05) is 0 Å². The highest BCUT2D eigenvalue weighted by molar-refractivity contribution is 9.10. The third-order valence-corrected chi connectivity index (χ3v) is 4.21. The summed E-state index contributed by atoms with van der Waals surface area (Å²) in [6.07, 6.45) is 2.28. The molecule has 0 aromatic carbocycles. The molecular formula is C11H16BrN3O. The van der Waals surface area contributed by atoms with Gasteiger partial charge >= 0.3 is 0 Å². The summed E-state index contributed by atoms with van der Waals surface area (Å²) in [5.41, 5.74) is 1.94. The maximum atomic E-state index is 11.9. The quantitative estimate of drug-likeness (QED) is 0.851. The lowest BCUT2D eigenvalue weighted by molar-refractivity contribution is -0.131. The molecule has 5 heteroatoms. The molecule has 0 atom stereocenters. The monoisotopic (exact) mass is 285 g/mol. The van der Waals surface area contributed by atoms with Crippen LogP contribution in [-0.4, -0.2) is 33.7 Å². The van der Waals surface area contributed by atoms with Crippen LogP contribution in [0.3, 0.4) is 0 Å². The average molecular weight is 286 g/mol. The molecule has 0 unspecified atom stereocenters. The van der Waals surface area contributed by atoms with Gasteiger partial charge < -0.3 is 4.90 Å². The summed E-state index contributed by atoms with van der Waals surface area (Å²) in [4.78, 5) is 13.8. The third-order valence-electron chi connectivity index (χ3n) is 3.07. The van der Waals surface area contributed by atoms with Crippen LogP contribution in [0.2, 0.25) is 0 Å². The van der Waals surface area contributed by atoms with Gasteiger partial charge in [0, 0.05) is 13.1 Å². The normalized spacial score (nSPS) is 15.2. The lowest BCUT2D eigenvalue weighted by atomic mass is 10.4. The summed E-state index contributed by atoms with van der Waals surface area (Å²) in [5, 5.41) is 4.33. The van der Waals surface area contributed by atoms with Gasteiger partial charge in [0.15, 0.2) is 0 Å². The summed E-state index contributed by atoms with van der Waals surface area (Å²) >= 11 is 3.46. The van der Waals surface area contributed by atoms with E-state index < -0.39 is 0 Å². The van der Waals surface area contributed by atoms with Crippen LogP contribution in [0.15, 0.2) is 4.47 Å². The van der Waals surface area contributed by atoms with Crippen LogP contribution in [0.5, 0.6) is 0 Å². The number of rotatable bonds is 3. The van der Waals surface area contributed by atoms with E-state index in [1.165, 1.54) is 0 Å². The van der Waals surface area contributed by atoms with Gasteiger partial charge in [-0.05, 0) is 42.6 Å². The first-order chi connectivity index (χ1) is 7.50. The Morgan fingerprint density at radius 1 is 1.56 bits per heavy atom. The largest absolute Gasteiger partial charge is 0.341 e. The summed E-state index contributed by atoms with van der Waals surface area (Å²) < 4.78 is 2.76. The first-order valence-electron chi connectivity index (χ1n) is 5.46. The van der Waals surface area contributed by atoms with Crippen molar-refractivity contribution in [1.82, 2.24) is 14.7 Å². The summed E-state index contributed by atoms with van der Waals surface area (Å²) in [6, 6.07) is 0.466. The molecule has 0 bridgehead atoms. The van der Waals surface area contributed by atoms with Crippen molar-refractivity contribution in [2.24, 2.45) is 0 Å². The molecule has 0 radical (unpaired) electrons. The minimum atomic E-state index is 0.139. The van der Waals surface area contributed by atoms with Crippen molar-refractivity contribution in [3.8, 4) is 0 Å². The second-order valence-electron chi connectivity index (χ2n) is 4.38. The number of amides is 1. The van der Waals surface area contributed by atoms with Crippen molar-refractivity contribution in [2.45, 2.75) is 39.3 Å². The number of carbonyl (C=O) groups is 1. The van der Waals surface area contributed by atoms with Crippen LogP contribution in [0.4, 0.5) is 0 Å². The Bertz CT molecular complexity index is 423. The maximum Gasteiger partial charge on any atom is 0.244 e. The predicted molar refractivity (Wildman–Crippen MR) is 65.2 cm³/mol. The van der Waals surface area contributed by atoms with Crippen LogP contribution in [0.1, 0.15) is 24.2 Å². The van der Waals surface area contributed by atoms with E-state index >= 15 is 0 Å². The number of likely N-dealkylation sites (N-methyl/N-ethyl adjacent to an activating group) is 1. The van der Waals surface area contributed by atoms with Gasteiger partial charge in [-0.2, -0.15) is 5.10 Å². The lowest BCUT2D eigenvalue weighted by Crippen LogP contribution is -2.32. The van der Waals surface area contributed by atoms with Crippen molar-refractivity contribution in [2.75, 3.05) is 7.05 Å². The summed E-state index contributed by atoms with van der Waals surface area (Å²) in [7, 11) is 1.88. The van der Waals surface area contributed by atoms with Crippen LogP contribution >= 0.6 is 15.9 Å². The minimum Gasteiger partial charge on any atom is -0.341 e. The fourth-order valence-electron chi connectivity index (χ4n) is 1.73. The highest BCUT2D eigenvalue weighted by Gasteiger charge is 2.29. The van der Waals surface area contributed by atoms with E-state index in [2.05, 4.69) is 21.0 Å². The molecule has 0 saturated heterocycles. The molecule has 1 aliphatic carbocycles. The zero-order chi connectivity index (χ0) is 11.9. The Morgan fingerprint density at radius 3 is 2.62 bits per heavy atom. The molecule has 1 heterocycles. The SMILES string of the molecule is Cc1nn(CC(=O)N(C)C2CC2)c(C)c1Br. The number of halogens is 1. The molecule has 1 aromatic heterocycles. The molecule has 1 saturated carbocycles. The van der Waals surface area contributed by atoms with Gasteiger partial charge in [0.25, 0.3) is 0 Å². The molecule has 0 spiro atoms. The molecule has 0 N–H and O–H groups in total. The second-order valence-corrected chi connectivity index (χ2v) is 5.17. The molecule has 16 heavy (non-hydrogen) atoms. The highest BCUT2D eigenvalue weighted by atomic mass is 79.9. The zero-order valence-corrected chi connectivity index (χ0v) is 11.4. The highest BCUT2D eigenvalue weighted by Crippen LogP contribution is 2.26. The molecule has 1 fully saturated rings. The van der Waals surface area contributed by atoms with E-state index in [1.807, 2.05) is 25.8 Å². The maximum absolute atomic E-state index is 11.9. The number of aromatic nitrogens is 2. The van der Waals surface area contributed by atoms with Gasteiger partial charge in [-0.25, -0.2) is 0 Å². The number of hydrogen-bond donors (Lipinski definition) is 0. The number of nitrogens with zero attached hydrogens (tertiary/aromatic N) is 3. The van der Waals surface area contributed by atoms with Crippen molar-refractivity contribution < 1.29 is 4.79 Å². The molecule has 2 rings (SSSR count). The Morgan fingerprint density at radius 2 is 2.19 bits per heavy atom. The number of carbonyl (C=O) groups excluding carboxylic acids is 1. The van der Waals surface area contributed by atoms with Gasteiger partial charge in [-0.3, -0.25) is 9.48 Å². The van der Waals surface area contributed by atoms with E-state index in [1.54, 1.807) is 4.68 Å². The Hall–Kier alpha value is -0.840. The van der Waals surface area contributed by atoms with Crippen LogP contribution in [0, 0.1) is 13.8 Å². The van der Waals surface area contributed by atoms with Crippen LogP contribution < -0.4 is 0 Å². The zero-order valence-electron chi connectivity index (χ0n) is 9.83. The van der Waals surface area contributed by atoms with E-state index in [-0.39, 0.29) is 5.91 Å². The molecular weight excluding hydrogens is 270 g/mol. The Labute approximate surface area is 104 Å². The van der Waals surface area contributed by atoms with Crippen molar-refractivity contribution in [3.63, 3.8) is 0 Å². The topological polar surface area (TPSA) is 38.1 Å². The van der Waals surface area contributed by atoms with Crippen molar-refractivity contribution in [3.05, 3.63) is 15.9 Å². The average Bonchev–Trinajstić information content (AvgIpc) is 3.05.